The molecule has 0 aliphatic carbocycles. The van der Waals surface area contributed by atoms with E-state index in [2.05, 4.69) is 51.9 Å². The van der Waals surface area contributed by atoms with Crippen molar-refractivity contribution in [3.63, 3.8) is 0 Å². The van der Waals surface area contributed by atoms with Crippen LogP contribution in [0.25, 0.3) is 11.3 Å². The Bertz CT molecular complexity index is 1090. The summed E-state index contributed by atoms with van der Waals surface area (Å²) in [6, 6.07) is 9.65. The predicted octanol–water partition coefficient (Wildman–Crippen LogP) is 5.01. The van der Waals surface area contributed by atoms with Gasteiger partial charge in [0.05, 0.1) is 5.69 Å². The van der Waals surface area contributed by atoms with E-state index in [1.165, 1.54) is 11.1 Å². The Labute approximate surface area is 190 Å². The van der Waals surface area contributed by atoms with Crippen LogP contribution in [-0.2, 0) is 6.54 Å². The lowest BCUT2D eigenvalue weighted by Crippen LogP contribution is -2.43. The largest absolute Gasteiger partial charge is 0.355 e. The van der Waals surface area contributed by atoms with Crippen LogP contribution in [0.2, 0.25) is 0 Å². The maximum absolute atomic E-state index is 13.4. The van der Waals surface area contributed by atoms with Gasteiger partial charge in [0.2, 0.25) is 0 Å². The number of nitrogens with zero attached hydrogens (tertiary/aromatic N) is 5. The molecule has 0 radical (unpaired) electrons. The minimum Gasteiger partial charge on any atom is -0.355 e. The summed E-state index contributed by atoms with van der Waals surface area (Å²) in [5, 5.41) is 9.19. The van der Waals surface area contributed by atoms with Gasteiger partial charge >= 0.3 is 0 Å². The van der Waals surface area contributed by atoms with E-state index in [1.807, 2.05) is 32.2 Å². The second-order valence-electron chi connectivity index (χ2n) is 9.01. The Morgan fingerprint density at radius 1 is 1.00 bits per heavy atom. The summed E-state index contributed by atoms with van der Waals surface area (Å²) in [5.41, 5.74) is 7.45. The van der Waals surface area contributed by atoms with E-state index in [-0.39, 0.29) is 5.82 Å². The molecule has 1 saturated heterocycles. The van der Waals surface area contributed by atoms with Gasteiger partial charge in [-0.25, -0.2) is 4.39 Å². The molecule has 0 bridgehead atoms. The lowest BCUT2D eigenvalue weighted by Gasteiger charge is -2.38. The molecule has 2 aromatic heterocycles. The average Bonchev–Trinajstić information content (AvgIpc) is 2.78. The van der Waals surface area contributed by atoms with Crippen LogP contribution in [-0.4, -0.2) is 46.3 Å². The molecule has 0 spiro atoms. The van der Waals surface area contributed by atoms with Crippen molar-refractivity contribution in [2.24, 2.45) is 0 Å². The molecule has 1 fully saturated rings. The van der Waals surface area contributed by atoms with Crippen molar-refractivity contribution < 1.29 is 4.39 Å². The summed E-state index contributed by atoms with van der Waals surface area (Å²) in [4.78, 5) is 9.16. The standard InChI is InChI=1S/C26H32FN5/c1-17-14-23(27)9-8-22(17)16-31(5)24-10-12-32(13-11-24)26-20(4)19(3)25(29-30-26)21-7-6-18(2)28-15-21/h6-9,14-15,24H,10-13,16H2,1-5H3. The quantitative estimate of drug-likeness (QED) is 0.566. The van der Waals surface area contributed by atoms with E-state index in [4.69, 9.17) is 0 Å². The molecule has 0 atom stereocenters. The van der Waals surface area contributed by atoms with Crippen LogP contribution in [0.5, 0.6) is 0 Å². The van der Waals surface area contributed by atoms with Crippen LogP contribution in [0.4, 0.5) is 10.2 Å². The molecule has 5 nitrogen and oxygen atoms in total. The van der Waals surface area contributed by atoms with Gasteiger partial charge in [0.1, 0.15) is 5.82 Å². The molecule has 32 heavy (non-hydrogen) atoms. The Hall–Kier alpha value is -2.86. The zero-order chi connectivity index (χ0) is 22.8. The molecule has 3 heterocycles. The Kier molecular flexibility index (Phi) is 6.51. The highest BCUT2D eigenvalue weighted by atomic mass is 19.1. The second kappa shape index (κ2) is 9.33. The molecular formula is C26H32FN5. The molecular weight excluding hydrogens is 401 g/mol. The fourth-order valence-corrected chi connectivity index (χ4v) is 4.53. The Morgan fingerprint density at radius 3 is 2.41 bits per heavy atom. The molecule has 3 aromatic rings. The van der Waals surface area contributed by atoms with Crippen molar-refractivity contribution in [2.45, 2.75) is 53.1 Å². The number of rotatable bonds is 5. The summed E-state index contributed by atoms with van der Waals surface area (Å²) in [6.45, 7) is 11.0. The van der Waals surface area contributed by atoms with E-state index in [0.29, 0.717) is 6.04 Å². The number of halogens is 1. The average molecular weight is 434 g/mol. The maximum Gasteiger partial charge on any atom is 0.154 e. The van der Waals surface area contributed by atoms with Gasteiger partial charge in [-0.2, -0.15) is 0 Å². The predicted molar refractivity (Wildman–Crippen MR) is 127 cm³/mol. The number of aryl methyl sites for hydroxylation is 2. The zero-order valence-electron chi connectivity index (χ0n) is 19.7. The number of aromatic nitrogens is 3. The van der Waals surface area contributed by atoms with Gasteiger partial charge < -0.3 is 4.90 Å². The van der Waals surface area contributed by atoms with Gasteiger partial charge in [0, 0.05) is 43.1 Å². The lowest BCUT2D eigenvalue weighted by molar-refractivity contribution is 0.199. The third kappa shape index (κ3) is 4.65. The van der Waals surface area contributed by atoms with Crippen molar-refractivity contribution in [3.05, 3.63) is 70.3 Å². The van der Waals surface area contributed by atoms with Crippen molar-refractivity contribution in [2.75, 3.05) is 25.0 Å². The van der Waals surface area contributed by atoms with E-state index >= 15 is 0 Å². The Balaban J connectivity index is 1.42. The third-order valence-electron chi connectivity index (χ3n) is 6.79. The SMILES string of the molecule is Cc1ccc(-c2nnc(N3CCC(N(C)Cc4ccc(F)cc4C)CC3)c(C)c2C)cn1. The topological polar surface area (TPSA) is 45.2 Å². The first kappa shape index (κ1) is 22.3. The van der Waals surface area contributed by atoms with Gasteiger partial charge in [-0.15, -0.1) is 10.2 Å². The third-order valence-corrected chi connectivity index (χ3v) is 6.79. The fourth-order valence-electron chi connectivity index (χ4n) is 4.53. The van der Waals surface area contributed by atoms with Crippen LogP contribution in [0.15, 0.2) is 36.5 Å². The molecule has 0 saturated carbocycles. The summed E-state index contributed by atoms with van der Waals surface area (Å²) in [5.74, 6) is 0.820. The number of pyridine rings is 1. The number of anilines is 1. The molecule has 168 valence electrons. The molecule has 0 amide bonds. The molecule has 6 heteroatoms. The van der Waals surface area contributed by atoms with Crippen molar-refractivity contribution in [1.82, 2.24) is 20.1 Å². The molecule has 1 aliphatic rings. The van der Waals surface area contributed by atoms with Crippen molar-refractivity contribution in [3.8, 4) is 11.3 Å². The highest BCUT2D eigenvalue weighted by Gasteiger charge is 2.25. The van der Waals surface area contributed by atoms with Gasteiger partial charge in [-0.05, 0) is 94.1 Å². The summed E-state index contributed by atoms with van der Waals surface area (Å²) in [7, 11) is 2.17. The van der Waals surface area contributed by atoms with Gasteiger partial charge in [-0.1, -0.05) is 6.07 Å². The van der Waals surface area contributed by atoms with Crippen molar-refractivity contribution in [1.29, 1.82) is 0 Å². The molecule has 1 aromatic carbocycles. The number of benzene rings is 1. The Morgan fingerprint density at radius 2 is 1.75 bits per heavy atom. The molecule has 1 aliphatic heterocycles. The minimum absolute atomic E-state index is 0.168. The van der Waals surface area contributed by atoms with E-state index in [9.17, 15) is 4.39 Å². The van der Waals surface area contributed by atoms with Gasteiger partial charge in [-0.3, -0.25) is 9.88 Å². The number of hydrogen-bond acceptors (Lipinski definition) is 5. The highest BCUT2D eigenvalue weighted by molar-refractivity contribution is 5.66. The fraction of sp³-hybridized carbons (Fsp3) is 0.423. The lowest BCUT2D eigenvalue weighted by atomic mass is 10.00. The van der Waals surface area contributed by atoms with Crippen LogP contribution in [0, 0.1) is 33.5 Å². The second-order valence-corrected chi connectivity index (χ2v) is 9.01. The molecule has 0 N–H and O–H groups in total. The van der Waals surface area contributed by atoms with Crippen LogP contribution in [0.3, 0.4) is 0 Å². The highest BCUT2D eigenvalue weighted by Crippen LogP contribution is 2.30. The van der Waals surface area contributed by atoms with Gasteiger partial charge in [0.15, 0.2) is 5.82 Å². The molecule has 4 rings (SSSR count). The normalized spacial score (nSPS) is 14.9. The first-order chi connectivity index (χ1) is 15.3. The van der Waals surface area contributed by atoms with Crippen LogP contribution in [0.1, 0.15) is 40.8 Å². The zero-order valence-corrected chi connectivity index (χ0v) is 19.7. The summed E-state index contributed by atoms with van der Waals surface area (Å²) >= 11 is 0. The number of piperidine rings is 1. The first-order valence-corrected chi connectivity index (χ1v) is 11.3. The first-order valence-electron chi connectivity index (χ1n) is 11.3. The van der Waals surface area contributed by atoms with Crippen LogP contribution < -0.4 is 4.90 Å². The van der Waals surface area contributed by atoms with E-state index < -0.39 is 0 Å². The summed E-state index contributed by atoms with van der Waals surface area (Å²) < 4.78 is 13.4. The minimum atomic E-state index is -0.168. The number of hydrogen-bond donors (Lipinski definition) is 0. The van der Waals surface area contributed by atoms with E-state index in [1.54, 1.807) is 12.1 Å². The van der Waals surface area contributed by atoms with Gasteiger partial charge in [0.25, 0.3) is 0 Å². The van der Waals surface area contributed by atoms with Crippen molar-refractivity contribution >= 4 is 5.82 Å². The van der Waals surface area contributed by atoms with Crippen LogP contribution >= 0.6 is 0 Å². The smallest absolute Gasteiger partial charge is 0.154 e. The maximum atomic E-state index is 13.4. The summed E-state index contributed by atoms with van der Waals surface area (Å²) in [6.07, 6.45) is 4.01. The monoisotopic (exact) mass is 433 g/mol. The molecule has 0 unspecified atom stereocenters. The van der Waals surface area contributed by atoms with E-state index in [0.717, 1.165) is 66.4 Å².